The molecule has 0 fully saturated rings. The number of hydrogen-bond donors (Lipinski definition) is 2. The molecule has 0 aliphatic carbocycles. The molecule has 0 saturated heterocycles. The number of unbranched alkanes of at least 4 members (excludes halogenated alkanes) is 1. The Hall–Kier alpha value is -1.89. The molecule has 0 spiro atoms. The number of rotatable bonds is 10. The lowest BCUT2D eigenvalue weighted by Crippen LogP contribution is -2.43. The van der Waals surface area contributed by atoms with Gasteiger partial charge in [0.05, 0.1) is 0 Å². The van der Waals surface area contributed by atoms with Crippen molar-refractivity contribution in [2.45, 2.75) is 57.4 Å². The van der Waals surface area contributed by atoms with E-state index in [0.29, 0.717) is 6.42 Å². The number of carbonyl (C=O) groups is 2. The maximum Gasteiger partial charge on any atom is 0.408 e. The number of nitrogens with one attached hydrogen (secondary N) is 1. The van der Waals surface area contributed by atoms with Gasteiger partial charge in [0.1, 0.15) is 11.6 Å². The van der Waals surface area contributed by atoms with Crippen molar-refractivity contribution >= 4 is 29.5 Å². The van der Waals surface area contributed by atoms with Gasteiger partial charge in [-0.1, -0.05) is 12.1 Å². The predicted octanol–water partition coefficient (Wildman–Crippen LogP) is 4.13. The van der Waals surface area contributed by atoms with Crippen molar-refractivity contribution in [1.29, 1.82) is 0 Å². The Morgan fingerprint density at radius 2 is 1.81 bits per heavy atom. The van der Waals surface area contributed by atoms with E-state index in [1.54, 1.807) is 20.8 Å². The van der Waals surface area contributed by atoms with Crippen LogP contribution in [-0.4, -0.2) is 48.7 Å². The second-order valence-corrected chi connectivity index (χ2v) is 8.75. The maximum atomic E-state index is 11.7. The van der Waals surface area contributed by atoms with E-state index >= 15 is 0 Å². The number of benzene rings is 1. The van der Waals surface area contributed by atoms with Crippen LogP contribution in [0.3, 0.4) is 0 Å². The molecular weight excluding hydrogens is 364 g/mol. The number of alkyl carbamates (subject to hydrolysis) is 1. The Morgan fingerprint density at radius 1 is 1.19 bits per heavy atom. The highest BCUT2D eigenvalue weighted by molar-refractivity contribution is 7.98. The molecular formula is C20H32N2O4S. The van der Waals surface area contributed by atoms with E-state index in [9.17, 15) is 14.7 Å². The molecule has 1 aromatic carbocycles. The van der Waals surface area contributed by atoms with Crippen LogP contribution in [-0.2, 0) is 15.3 Å². The third-order valence-electron chi connectivity index (χ3n) is 3.74. The first-order valence-corrected chi connectivity index (χ1v) is 10.3. The first-order valence-electron chi connectivity index (χ1n) is 9.15. The maximum absolute atomic E-state index is 11.7. The molecule has 0 aliphatic heterocycles. The SMILES string of the molecule is CN(C)c1ccc(CSCCCC[C@H](NC(=O)OC(C)(C)C)C(=O)O)cc1. The monoisotopic (exact) mass is 396 g/mol. The summed E-state index contributed by atoms with van der Waals surface area (Å²) in [6.45, 7) is 5.23. The number of ether oxygens (including phenoxy) is 1. The summed E-state index contributed by atoms with van der Waals surface area (Å²) >= 11 is 1.83. The van der Waals surface area contributed by atoms with Crippen molar-refractivity contribution in [3.8, 4) is 0 Å². The third-order valence-corrected chi connectivity index (χ3v) is 4.86. The minimum atomic E-state index is -1.03. The minimum absolute atomic E-state index is 0.396. The Kier molecular flexibility index (Phi) is 9.49. The number of nitrogens with zero attached hydrogens (tertiary/aromatic N) is 1. The Bertz CT molecular complexity index is 597. The molecule has 1 rings (SSSR count). The highest BCUT2D eigenvalue weighted by Crippen LogP contribution is 2.18. The van der Waals surface area contributed by atoms with Gasteiger partial charge >= 0.3 is 12.1 Å². The summed E-state index contributed by atoms with van der Waals surface area (Å²) in [5.74, 6) is 0.856. The second kappa shape index (κ2) is 11.1. The molecule has 7 heteroatoms. The Balaban J connectivity index is 2.26. The van der Waals surface area contributed by atoms with Crippen molar-refractivity contribution < 1.29 is 19.4 Å². The lowest BCUT2D eigenvalue weighted by Gasteiger charge is -2.22. The molecule has 0 saturated carbocycles. The van der Waals surface area contributed by atoms with Gasteiger partial charge in [-0.3, -0.25) is 0 Å². The van der Waals surface area contributed by atoms with Gasteiger partial charge in [0.2, 0.25) is 0 Å². The number of hydrogen-bond acceptors (Lipinski definition) is 5. The van der Waals surface area contributed by atoms with Crippen LogP contribution in [0.5, 0.6) is 0 Å². The molecule has 0 heterocycles. The van der Waals surface area contributed by atoms with E-state index in [-0.39, 0.29) is 0 Å². The quantitative estimate of drug-likeness (QED) is 0.579. The van der Waals surface area contributed by atoms with Crippen molar-refractivity contribution in [2.75, 3.05) is 24.7 Å². The highest BCUT2D eigenvalue weighted by atomic mass is 32.2. The van der Waals surface area contributed by atoms with Crippen LogP contribution in [0.1, 0.15) is 45.6 Å². The predicted molar refractivity (Wildman–Crippen MR) is 112 cm³/mol. The Morgan fingerprint density at radius 3 is 2.33 bits per heavy atom. The van der Waals surface area contributed by atoms with E-state index < -0.39 is 23.7 Å². The number of carboxylic acid groups (broad SMARTS) is 1. The molecule has 0 unspecified atom stereocenters. The van der Waals surface area contributed by atoms with Crippen molar-refractivity contribution in [3.05, 3.63) is 29.8 Å². The molecule has 152 valence electrons. The third kappa shape index (κ3) is 10.1. The van der Waals surface area contributed by atoms with Gasteiger partial charge in [0.25, 0.3) is 0 Å². The summed E-state index contributed by atoms with van der Waals surface area (Å²) in [6, 6.07) is 7.57. The van der Waals surface area contributed by atoms with Crippen LogP contribution < -0.4 is 10.2 Å². The van der Waals surface area contributed by atoms with Crippen LogP contribution in [0.4, 0.5) is 10.5 Å². The highest BCUT2D eigenvalue weighted by Gasteiger charge is 2.23. The van der Waals surface area contributed by atoms with E-state index in [1.165, 1.54) is 11.3 Å². The summed E-state index contributed by atoms with van der Waals surface area (Å²) < 4.78 is 5.11. The first kappa shape index (κ1) is 23.1. The number of anilines is 1. The number of amides is 1. The number of carbonyl (C=O) groups excluding carboxylic acids is 1. The van der Waals surface area contributed by atoms with E-state index in [2.05, 4.69) is 34.5 Å². The van der Waals surface area contributed by atoms with Crippen molar-refractivity contribution in [2.24, 2.45) is 0 Å². The van der Waals surface area contributed by atoms with Gasteiger partial charge < -0.3 is 20.1 Å². The number of thioether (sulfide) groups is 1. The molecule has 0 radical (unpaired) electrons. The molecule has 1 atom stereocenters. The van der Waals surface area contributed by atoms with Gasteiger partial charge in [-0.25, -0.2) is 9.59 Å². The lowest BCUT2D eigenvalue weighted by atomic mass is 10.1. The summed E-state index contributed by atoms with van der Waals surface area (Å²) in [5, 5.41) is 11.7. The number of carboxylic acids is 1. The molecule has 2 N–H and O–H groups in total. The topological polar surface area (TPSA) is 78.9 Å². The number of aliphatic carboxylic acids is 1. The van der Waals surface area contributed by atoms with Crippen LogP contribution >= 0.6 is 11.8 Å². The second-order valence-electron chi connectivity index (χ2n) is 7.65. The molecule has 27 heavy (non-hydrogen) atoms. The van der Waals surface area contributed by atoms with Crippen LogP contribution in [0.25, 0.3) is 0 Å². The summed E-state index contributed by atoms with van der Waals surface area (Å²) in [4.78, 5) is 25.1. The average molecular weight is 397 g/mol. The fraction of sp³-hybridized carbons (Fsp3) is 0.600. The van der Waals surface area contributed by atoms with Gasteiger partial charge in [0, 0.05) is 25.5 Å². The summed E-state index contributed by atoms with van der Waals surface area (Å²) in [7, 11) is 4.04. The van der Waals surface area contributed by atoms with Crippen molar-refractivity contribution in [1.82, 2.24) is 5.32 Å². The molecule has 6 nitrogen and oxygen atoms in total. The molecule has 0 aliphatic rings. The Labute approximate surface area is 166 Å². The summed E-state index contributed by atoms with van der Waals surface area (Å²) in [5.41, 5.74) is 1.82. The lowest BCUT2D eigenvalue weighted by molar-refractivity contribution is -0.139. The van der Waals surface area contributed by atoms with E-state index in [0.717, 1.165) is 24.3 Å². The van der Waals surface area contributed by atoms with Crippen LogP contribution in [0.15, 0.2) is 24.3 Å². The standard InChI is InChI=1S/C20H32N2O4S/c1-20(2,3)26-19(25)21-17(18(23)24)8-6-7-13-27-14-15-9-11-16(12-10-15)22(4)5/h9-12,17H,6-8,13-14H2,1-5H3,(H,21,25)(H,23,24)/t17-/m0/s1. The smallest absolute Gasteiger partial charge is 0.408 e. The van der Waals surface area contributed by atoms with Crippen molar-refractivity contribution in [3.63, 3.8) is 0 Å². The normalized spacial score (nSPS) is 12.3. The van der Waals surface area contributed by atoms with Gasteiger partial charge in [-0.05, 0) is 63.5 Å². The molecule has 0 aromatic heterocycles. The molecule has 1 aromatic rings. The minimum Gasteiger partial charge on any atom is -0.480 e. The average Bonchev–Trinajstić information content (AvgIpc) is 2.55. The first-order chi connectivity index (χ1) is 12.6. The molecule has 0 bridgehead atoms. The zero-order valence-electron chi connectivity index (χ0n) is 16.9. The fourth-order valence-corrected chi connectivity index (χ4v) is 3.32. The zero-order chi connectivity index (χ0) is 20.4. The van der Waals surface area contributed by atoms with E-state index in [4.69, 9.17) is 4.74 Å². The van der Waals surface area contributed by atoms with Gasteiger partial charge in [0.15, 0.2) is 0 Å². The van der Waals surface area contributed by atoms with Crippen LogP contribution in [0, 0.1) is 0 Å². The summed E-state index contributed by atoms with van der Waals surface area (Å²) in [6.07, 6.45) is 1.34. The van der Waals surface area contributed by atoms with Gasteiger partial charge in [-0.2, -0.15) is 11.8 Å². The van der Waals surface area contributed by atoms with Gasteiger partial charge in [-0.15, -0.1) is 0 Å². The fourth-order valence-electron chi connectivity index (χ4n) is 2.34. The zero-order valence-corrected chi connectivity index (χ0v) is 17.8. The van der Waals surface area contributed by atoms with Crippen LogP contribution in [0.2, 0.25) is 0 Å². The molecule has 1 amide bonds. The van der Waals surface area contributed by atoms with E-state index in [1.807, 2.05) is 25.9 Å². The largest absolute Gasteiger partial charge is 0.480 e.